The second-order valence-corrected chi connectivity index (χ2v) is 7.05. The van der Waals surface area contributed by atoms with Crippen molar-refractivity contribution >= 4 is 17.7 Å². The lowest BCUT2D eigenvalue weighted by Gasteiger charge is -2.35. The monoisotopic (exact) mass is 345 g/mol. The predicted octanol–water partition coefficient (Wildman–Crippen LogP) is 3.93. The summed E-state index contributed by atoms with van der Waals surface area (Å²) in [6, 6.07) is 8.28. The van der Waals surface area contributed by atoms with Gasteiger partial charge in [-0.15, -0.1) is 10.2 Å². The molecule has 2 aromatic rings. The van der Waals surface area contributed by atoms with E-state index >= 15 is 0 Å². The Hall–Kier alpha value is -1.82. The fourth-order valence-corrected chi connectivity index (χ4v) is 3.80. The number of aromatic nitrogens is 2. The van der Waals surface area contributed by atoms with Crippen molar-refractivity contribution in [1.82, 2.24) is 15.1 Å². The van der Waals surface area contributed by atoms with E-state index in [2.05, 4.69) is 17.1 Å². The summed E-state index contributed by atoms with van der Waals surface area (Å²) in [5, 5.41) is 8.62. The number of amides is 1. The minimum absolute atomic E-state index is 0.169. The molecule has 1 aromatic carbocycles. The second kappa shape index (κ2) is 7.83. The van der Waals surface area contributed by atoms with Crippen molar-refractivity contribution in [3.05, 3.63) is 29.8 Å². The molecule has 1 fully saturated rings. The molecule has 0 radical (unpaired) electrons. The first-order valence-corrected chi connectivity index (χ1v) is 9.49. The van der Waals surface area contributed by atoms with Gasteiger partial charge >= 0.3 is 0 Å². The quantitative estimate of drug-likeness (QED) is 0.769. The number of carbonyl (C=O) groups is 1. The molecule has 0 N–H and O–H groups in total. The fraction of sp³-hybridized carbons (Fsp3) is 0.500. The molecular formula is C18H23N3O2S. The van der Waals surface area contributed by atoms with Crippen LogP contribution in [0.15, 0.2) is 33.9 Å². The average Bonchev–Trinajstić information content (AvgIpc) is 3.08. The summed E-state index contributed by atoms with van der Waals surface area (Å²) in [6.07, 6.45) is 4.46. The van der Waals surface area contributed by atoms with E-state index in [9.17, 15) is 4.79 Å². The maximum absolute atomic E-state index is 12.5. The molecule has 5 nitrogen and oxygen atoms in total. The van der Waals surface area contributed by atoms with Gasteiger partial charge in [0.25, 0.3) is 5.22 Å². The van der Waals surface area contributed by atoms with Gasteiger partial charge in [-0.25, -0.2) is 0 Å². The van der Waals surface area contributed by atoms with Crippen LogP contribution in [0.3, 0.4) is 0 Å². The number of rotatable bonds is 5. The van der Waals surface area contributed by atoms with E-state index in [1.165, 1.54) is 18.2 Å². The minimum Gasteiger partial charge on any atom is -0.411 e. The highest BCUT2D eigenvalue weighted by molar-refractivity contribution is 7.99. The summed E-state index contributed by atoms with van der Waals surface area (Å²) in [5.74, 6) is 1.03. The lowest BCUT2D eigenvalue weighted by molar-refractivity contribution is -0.132. The van der Waals surface area contributed by atoms with Crippen LogP contribution in [0.4, 0.5) is 0 Å². The van der Waals surface area contributed by atoms with Crippen molar-refractivity contribution in [3.63, 3.8) is 0 Å². The number of hydrogen-bond donors (Lipinski definition) is 0. The number of piperidine rings is 1. The van der Waals surface area contributed by atoms with Gasteiger partial charge in [0, 0.05) is 18.2 Å². The molecule has 2 heterocycles. The van der Waals surface area contributed by atoms with E-state index in [-0.39, 0.29) is 5.91 Å². The highest BCUT2D eigenvalue weighted by Gasteiger charge is 2.25. The van der Waals surface area contributed by atoms with Crippen LogP contribution in [0.5, 0.6) is 0 Å². The van der Waals surface area contributed by atoms with Gasteiger partial charge in [-0.1, -0.05) is 36.9 Å². The first-order chi connectivity index (χ1) is 11.7. The summed E-state index contributed by atoms with van der Waals surface area (Å²) in [5.41, 5.74) is 2.03. The molecule has 1 aliphatic rings. The zero-order valence-corrected chi connectivity index (χ0v) is 15.0. The molecule has 1 atom stereocenters. The molecule has 24 heavy (non-hydrogen) atoms. The molecule has 0 spiro atoms. The number of thioether (sulfide) groups is 1. The Labute approximate surface area is 146 Å². The number of benzene rings is 1. The summed E-state index contributed by atoms with van der Waals surface area (Å²) < 4.78 is 5.71. The zero-order chi connectivity index (χ0) is 16.9. The van der Waals surface area contributed by atoms with Crippen molar-refractivity contribution < 1.29 is 9.21 Å². The fourth-order valence-electron chi connectivity index (χ4n) is 3.15. The molecule has 1 aromatic heterocycles. The van der Waals surface area contributed by atoms with Gasteiger partial charge in [-0.05, 0) is 44.2 Å². The van der Waals surface area contributed by atoms with Crippen LogP contribution >= 0.6 is 11.8 Å². The molecule has 1 aliphatic heterocycles. The van der Waals surface area contributed by atoms with Crippen LogP contribution in [0.1, 0.15) is 38.2 Å². The third kappa shape index (κ3) is 3.80. The number of likely N-dealkylation sites (tertiary alicyclic amines) is 1. The topological polar surface area (TPSA) is 59.2 Å². The number of aryl methyl sites for hydroxylation is 1. The maximum Gasteiger partial charge on any atom is 0.277 e. The van der Waals surface area contributed by atoms with Gasteiger partial charge in [-0.2, -0.15) is 0 Å². The molecule has 3 rings (SSSR count). The predicted molar refractivity (Wildman–Crippen MR) is 94.8 cm³/mol. The largest absolute Gasteiger partial charge is 0.411 e. The average molecular weight is 345 g/mol. The third-order valence-corrected chi connectivity index (χ3v) is 5.32. The van der Waals surface area contributed by atoms with Crippen molar-refractivity contribution in [1.29, 1.82) is 0 Å². The van der Waals surface area contributed by atoms with Crippen LogP contribution in [0.2, 0.25) is 0 Å². The molecular weight excluding hydrogens is 322 g/mol. The van der Waals surface area contributed by atoms with Crippen LogP contribution in [0.25, 0.3) is 11.5 Å². The number of nitrogens with zero attached hydrogens (tertiary/aromatic N) is 3. The van der Waals surface area contributed by atoms with Crippen molar-refractivity contribution in [2.75, 3.05) is 12.3 Å². The highest BCUT2D eigenvalue weighted by atomic mass is 32.2. The summed E-state index contributed by atoms with van der Waals surface area (Å²) in [4.78, 5) is 14.5. The molecule has 6 heteroatoms. The summed E-state index contributed by atoms with van der Waals surface area (Å²) in [6.45, 7) is 5.03. The lowest BCUT2D eigenvalue weighted by Crippen LogP contribution is -2.44. The SMILES string of the molecule is CC[C@H]1CCCCN1C(=O)CSc1nnc(-c2ccccc2C)o1. The Morgan fingerprint density at radius 2 is 2.17 bits per heavy atom. The van der Waals surface area contributed by atoms with Gasteiger partial charge in [0.1, 0.15) is 0 Å². The van der Waals surface area contributed by atoms with Crippen molar-refractivity contribution in [3.8, 4) is 11.5 Å². The molecule has 0 unspecified atom stereocenters. The smallest absolute Gasteiger partial charge is 0.277 e. The Bertz CT molecular complexity index is 701. The van der Waals surface area contributed by atoms with Crippen LogP contribution in [0, 0.1) is 6.92 Å². The normalized spacial score (nSPS) is 17.9. The Balaban J connectivity index is 1.61. The van der Waals surface area contributed by atoms with Gasteiger partial charge < -0.3 is 9.32 Å². The highest BCUT2D eigenvalue weighted by Crippen LogP contribution is 2.26. The summed E-state index contributed by atoms with van der Waals surface area (Å²) in [7, 11) is 0. The van der Waals surface area contributed by atoms with Gasteiger partial charge in [0.15, 0.2) is 0 Å². The van der Waals surface area contributed by atoms with Crippen molar-refractivity contribution in [2.24, 2.45) is 0 Å². The standard InChI is InChI=1S/C18H23N3O2S/c1-3-14-9-6-7-11-21(14)16(22)12-24-18-20-19-17(23-18)15-10-5-4-8-13(15)2/h4-5,8,10,14H,3,6-7,9,11-12H2,1-2H3/t14-/m0/s1. The number of hydrogen-bond acceptors (Lipinski definition) is 5. The molecule has 0 saturated carbocycles. The van der Waals surface area contributed by atoms with Gasteiger partial charge in [-0.3, -0.25) is 4.79 Å². The first-order valence-electron chi connectivity index (χ1n) is 8.50. The number of carbonyl (C=O) groups excluding carboxylic acids is 1. The zero-order valence-electron chi connectivity index (χ0n) is 14.2. The first kappa shape index (κ1) is 17.0. The lowest BCUT2D eigenvalue weighted by atomic mass is 10.0. The Kier molecular flexibility index (Phi) is 5.56. The maximum atomic E-state index is 12.5. The van der Waals surface area contributed by atoms with E-state index < -0.39 is 0 Å². The van der Waals surface area contributed by atoms with E-state index in [0.717, 1.165) is 36.9 Å². The molecule has 1 saturated heterocycles. The third-order valence-electron chi connectivity index (χ3n) is 4.52. The minimum atomic E-state index is 0.169. The molecule has 0 aliphatic carbocycles. The van der Waals surface area contributed by atoms with Crippen LogP contribution in [-0.4, -0.2) is 39.3 Å². The Morgan fingerprint density at radius 1 is 1.33 bits per heavy atom. The molecule has 1 amide bonds. The molecule has 0 bridgehead atoms. The van der Waals surface area contributed by atoms with E-state index in [0.29, 0.717) is 22.9 Å². The molecule has 128 valence electrons. The van der Waals surface area contributed by atoms with E-state index in [1.807, 2.05) is 36.1 Å². The van der Waals surface area contributed by atoms with E-state index in [4.69, 9.17) is 4.42 Å². The summed E-state index contributed by atoms with van der Waals surface area (Å²) >= 11 is 1.32. The van der Waals surface area contributed by atoms with E-state index in [1.54, 1.807) is 0 Å². The van der Waals surface area contributed by atoms with Crippen LogP contribution < -0.4 is 0 Å². The van der Waals surface area contributed by atoms with Crippen molar-refractivity contribution in [2.45, 2.75) is 50.8 Å². The van der Waals surface area contributed by atoms with Crippen LogP contribution in [-0.2, 0) is 4.79 Å². The van der Waals surface area contributed by atoms with Gasteiger partial charge in [0.05, 0.1) is 5.75 Å². The van der Waals surface area contributed by atoms with Gasteiger partial charge in [0.2, 0.25) is 11.8 Å². The Morgan fingerprint density at radius 3 is 2.96 bits per heavy atom. The second-order valence-electron chi connectivity index (χ2n) is 6.12.